The van der Waals surface area contributed by atoms with Crippen LogP contribution in [0.25, 0.3) is 0 Å². The summed E-state index contributed by atoms with van der Waals surface area (Å²) in [6.45, 7) is 2.20. The van der Waals surface area contributed by atoms with Gasteiger partial charge in [0.25, 0.3) is 0 Å². The summed E-state index contributed by atoms with van der Waals surface area (Å²) in [6, 6.07) is 1.83. The van der Waals surface area contributed by atoms with Crippen molar-refractivity contribution in [1.82, 2.24) is 4.98 Å². The Hall–Kier alpha value is -0.650. The van der Waals surface area contributed by atoms with E-state index in [1.165, 1.54) is 0 Å². The summed E-state index contributed by atoms with van der Waals surface area (Å²) in [7, 11) is 0. The maximum Gasteiger partial charge on any atom is 0.0590 e. The molecule has 0 unspecified atom stereocenters. The molecule has 0 atom stereocenters. The number of hydrogen-bond donors (Lipinski definition) is 3. The third-order valence-electron chi connectivity index (χ3n) is 2.24. The molecule has 1 aromatic heterocycles. The molecule has 0 aliphatic heterocycles. The van der Waals surface area contributed by atoms with Crippen LogP contribution in [0.5, 0.6) is 0 Å². The fraction of sp³-hybridized carbons (Fsp3) is 0.500. The highest BCUT2D eigenvalue weighted by Gasteiger charge is 2.22. The normalized spacial score (nSPS) is 11.5. The first-order valence-corrected chi connectivity index (χ1v) is 5.46. The molecule has 0 saturated carbocycles. The molecular formula is C10H15BrN2O2. The maximum absolute atomic E-state index is 9.11. The van der Waals surface area contributed by atoms with Gasteiger partial charge in [0.05, 0.1) is 23.4 Å². The van der Waals surface area contributed by atoms with Crippen LogP contribution < -0.4 is 5.32 Å². The second-order valence-corrected chi connectivity index (χ2v) is 4.69. The van der Waals surface area contributed by atoms with E-state index in [-0.39, 0.29) is 13.2 Å². The van der Waals surface area contributed by atoms with Crippen molar-refractivity contribution in [2.24, 2.45) is 5.41 Å². The van der Waals surface area contributed by atoms with Crippen LogP contribution in [0.1, 0.15) is 6.92 Å². The minimum atomic E-state index is -0.511. The summed E-state index contributed by atoms with van der Waals surface area (Å²) in [5.41, 5.74) is 0.390. The van der Waals surface area contributed by atoms with Gasteiger partial charge in [-0.1, -0.05) is 6.92 Å². The van der Waals surface area contributed by atoms with E-state index in [1.54, 1.807) is 12.4 Å². The Morgan fingerprint density at radius 3 is 2.67 bits per heavy atom. The van der Waals surface area contributed by atoms with E-state index in [0.29, 0.717) is 6.54 Å². The number of rotatable bonds is 5. The van der Waals surface area contributed by atoms with Gasteiger partial charge in [-0.15, -0.1) is 0 Å². The molecule has 84 valence electrons. The standard InChI is InChI=1S/C10H15BrN2O2/c1-10(6-14,7-15)5-13-9-2-3-12-4-8(9)11/h2-4,14-15H,5-7H2,1H3,(H,12,13). The number of halogens is 1. The fourth-order valence-electron chi connectivity index (χ4n) is 0.989. The van der Waals surface area contributed by atoms with Crippen molar-refractivity contribution in [1.29, 1.82) is 0 Å². The second-order valence-electron chi connectivity index (χ2n) is 3.84. The molecule has 4 nitrogen and oxygen atoms in total. The van der Waals surface area contributed by atoms with E-state index in [9.17, 15) is 0 Å². The zero-order valence-electron chi connectivity index (χ0n) is 8.57. The van der Waals surface area contributed by atoms with Crippen LogP contribution in [0.3, 0.4) is 0 Å². The summed E-state index contributed by atoms with van der Waals surface area (Å²) in [5.74, 6) is 0. The summed E-state index contributed by atoms with van der Waals surface area (Å²) in [4.78, 5) is 3.94. The summed E-state index contributed by atoms with van der Waals surface area (Å²) >= 11 is 3.36. The SMILES string of the molecule is CC(CO)(CO)CNc1ccncc1Br. The lowest BCUT2D eigenvalue weighted by molar-refractivity contribution is 0.0806. The van der Waals surface area contributed by atoms with Gasteiger partial charge in [-0.25, -0.2) is 0 Å². The lowest BCUT2D eigenvalue weighted by Crippen LogP contribution is -2.34. The molecule has 15 heavy (non-hydrogen) atoms. The topological polar surface area (TPSA) is 65.4 Å². The molecule has 0 radical (unpaired) electrons. The first-order valence-electron chi connectivity index (χ1n) is 4.66. The van der Waals surface area contributed by atoms with E-state index in [4.69, 9.17) is 10.2 Å². The van der Waals surface area contributed by atoms with E-state index >= 15 is 0 Å². The van der Waals surface area contributed by atoms with Gasteiger partial charge >= 0.3 is 0 Å². The smallest absolute Gasteiger partial charge is 0.0590 e. The van der Waals surface area contributed by atoms with E-state index < -0.39 is 5.41 Å². The van der Waals surface area contributed by atoms with Gasteiger partial charge < -0.3 is 15.5 Å². The second kappa shape index (κ2) is 5.44. The largest absolute Gasteiger partial charge is 0.396 e. The van der Waals surface area contributed by atoms with E-state index in [1.807, 2.05) is 13.0 Å². The minimum absolute atomic E-state index is 0.0563. The highest BCUT2D eigenvalue weighted by atomic mass is 79.9. The van der Waals surface area contributed by atoms with Crippen molar-refractivity contribution in [3.8, 4) is 0 Å². The van der Waals surface area contributed by atoms with E-state index in [0.717, 1.165) is 10.2 Å². The van der Waals surface area contributed by atoms with Gasteiger partial charge in [0.1, 0.15) is 0 Å². The molecule has 1 rings (SSSR count). The fourth-order valence-corrected chi connectivity index (χ4v) is 1.38. The predicted molar refractivity (Wildman–Crippen MR) is 62.7 cm³/mol. The van der Waals surface area contributed by atoms with Crippen LogP contribution in [0.15, 0.2) is 22.9 Å². The van der Waals surface area contributed by atoms with Crippen molar-refractivity contribution >= 4 is 21.6 Å². The van der Waals surface area contributed by atoms with Gasteiger partial charge in [0.2, 0.25) is 0 Å². The Bertz CT molecular complexity index is 316. The lowest BCUT2D eigenvalue weighted by atomic mass is 9.93. The minimum Gasteiger partial charge on any atom is -0.396 e. The average molecular weight is 275 g/mol. The monoisotopic (exact) mass is 274 g/mol. The summed E-state index contributed by atoms with van der Waals surface area (Å²) < 4.78 is 0.864. The zero-order valence-corrected chi connectivity index (χ0v) is 10.2. The average Bonchev–Trinajstić information content (AvgIpc) is 2.28. The van der Waals surface area contributed by atoms with Crippen molar-refractivity contribution < 1.29 is 10.2 Å². The number of nitrogens with zero attached hydrogens (tertiary/aromatic N) is 1. The Morgan fingerprint density at radius 2 is 2.13 bits per heavy atom. The third kappa shape index (κ3) is 3.44. The zero-order chi connectivity index (χ0) is 11.3. The lowest BCUT2D eigenvalue weighted by Gasteiger charge is -2.25. The first-order chi connectivity index (χ1) is 7.11. The number of anilines is 1. The number of pyridine rings is 1. The van der Waals surface area contributed by atoms with Crippen molar-refractivity contribution in [2.75, 3.05) is 25.1 Å². The van der Waals surface area contributed by atoms with Gasteiger partial charge in [0.15, 0.2) is 0 Å². The van der Waals surface area contributed by atoms with E-state index in [2.05, 4.69) is 26.2 Å². The summed E-state index contributed by atoms with van der Waals surface area (Å²) in [6.07, 6.45) is 3.37. The van der Waals surface area contributed by atoms with Crippen LogP contribution in [0.4, 0.5) is 5.69 Å². The van der Waals surface area contributed by atoms with Gasteiger partial charge in [0, 0.05) is 24.4 Å². The number of aliphatic hydroxyl groups is 2. The van der Waals surface area contributed by atoms with Crippen LogP contribution in [0, 0.1) is 5.41 Å². The van der Waals surface area contributed by atoms with Crippen LogP contribution in [-0.2, 0) is 0 Å². The third-order valence-corrected chi connectivity index (χ3v) is 2.87. The Morgan fingerprint density at radius 1 is 1.47 bits per heavy atom. The quantitative estimate of drug-likeness (QED) is 0.756. The molecule has 3 N–H and O–H groups in total. The molecular weight excluding hydrogens is 260 g/mol. The molecule has 0 aromatic carbocycles. The highest BCUT2D eigenvalue weighted by Crippen LogP contribution is 2.22. The maximum atomic E-state index is 9.11. The number of aliphatic hydroxyl groups excluding tert-OH is 2. The Kier molecular flexibility index (Phi) is 4.50. The number of aromatic nitrogens is 1. The first kappa shape index (κ1) is 12.4. The molecule has 0 bridgehead atoms. The molecule has 1 heterocycles. The molecule has 0 fully saturated rings. The Balaban J connectivity index is 2.61. The molecule has 0 spiro atoms. The van der Waals surface area contributed by atoms with Crippen LogP contribution >= 0.6 is 15.9 Å². The number of hydrogen-bond acceptors (Lipinski definition) is 4. The van der Waals surface area contributed by atoms with Gasteiger partial charge in [-0.3, -0.25) is 4.98 Å². The van der Waals surface area contributed by atoms with Crippen molar-refractivity contribution in [2.45, 2.75) is 6.92 Å². The summed E-state index contributed by atoms with van der Waals surface area (Å²) in [5, 5.41) is 21.4. The van der Waals surface area contributed by atoms with Crippen molar-refractivity contribution in [3.63, 3.8) is 0 Å². The Labute approximate surface area is 97.5 Å². The molecule has 1 aromatic rings. The van der Waals surface area contributed by atoms with Gasteiger partial charge in [-0.2, -0.15) is 0 Å². The van der Waals surface area contributed by atoms with Crippen LogP contribution in [0.2, 0.25) is 0 Å². The molecule has 0 aliphatic carbocycles. The van der Waals surface area contributed by atoms with Gasteiger partial charge in [-0.05, 0) is 22.0 Å². The molecule has 0 aliphatic rings. The predicted octanol–water partition coefficient (Wildman–Crippen LogP) is 1.25. The number of nitrogens with one attached hydrogen (secondary N) is 1. The molecule has 0 saturated heterocycles. The molecule has 5 heteroatoms. The highest BCUT2D eigenvalue weighted by molar-refractivity contribution is 9.10. The van der Waals surface area contributed by atoms with Crippen LogP contribution in [-0.4, -0.2) is 35.0 Å². The molecule has 0 amide bonds. The van der Waals surface area contributed by atoms with Crippen molar-refractivity contribution in [3.05, 3.63) is 22.9 Å².